The average Bonchev–Trinajstić information content (AvgIpc) is 3.46. The van der Waals surface area contributed by atoms with Crippen molar-refractivity contribution >= 4 is 45.6 Å². The van der Waals surface area contributed by atoms with Gasteiger partial charge in [-0.1, -0.05) is 23.9 Å². The van der Waals surface area contributed by atoms with Crippen molar-refractivity contribution < 1.29 is 22.0 Å². The maximum absolute atomic E-state index is 14.7. The Morgan fingerprint density at radius 2 is 1.50 bits per heavy atom. The van der Waals surface area contributed by atoms with Crippen molar-refractivity contribution in [1.29, 1.82) is 0 Å². The van der Waals surface area contributed by atoms with Crippen LogP contribution in [0.4, 0.5) is 33.8 Å². The number of piperidine rings is 1. The highest BCUT2D eigenvalue weighted by atomic mass is 32.2. The summed E-state index contributed by atoms with van der Waals surface area (Å²) in [5.74, 6) is -3.24. The maximum Gasteiger partial charge on any atom is 0.252 e. The third-order valence-corrected chi connectivity index (χ3v) is 12.8. The number of halogens is 5. The minimum Gasteiger partial charge on any atom is -0.342 e. The Kier molecular flexibility index (Phi) is 8.30. The SMILES string of the molecule is CN(c1nccc(=O)[nH]1)C1CCN(c2nc3ccc([S+]4c5cc(F)c(F)cc5Sc5cc(F)c(F)cc54)cc3n2Cc2ccc(F)cc2)CC1. The smallest absolute Gasteiger partial charge is 0.252 e. The molecule has 8 rings (SSSR count). The number of imidazole rings is 1. The number of fused-ring (bicyclic) bond motifs is 3. The third-order valence-electron chi connectivity index (χ3n) is 9.11. The first-order valence-corrected chi connectivity index (χ1v) is 17.8. The van der Waals surface area contributed by atoms with Gasteiger partial charge in [0.2, 0.25) is 11.9 Å². The zero-order chi connectivity index (χ0) is 34.7. The van der Waals surface area contributed by atoms with E-state index < -0.39 is 34.2 Å². The monoisotopic (exact) mass is 719 g/mol. The van der Waals surface area contributed by atoms with Crippen LogP contribution in [0.1, 0.15) is 18.4 Å². The molecule has 2 aromatic heterocycles. The maximum atomic E-state index is 14.7. The number of aromatic amines is 1. The molecule has 1 N–H and O–H groups in total. The topological polar surface area (TPSA) is 70.1 Å². The minimum absolute atomic E-state index is 0.124. The summed E-state index contributed by atoms with van der Waals surface area (Å²) >= 11 is 1.07. The average molecular weight is 720 g/mol. The van der Waals surface area contributed by atoms with Gasteiger partial charge in [-0.15, -0.1) is 0 Å². The molecule has 1 fully saturated rings. The standard InChI is InChI=1S/C36H27F5N6OS2/c1-45(35-42-11-8-34(48)44-35)22-9-12-46(13-10-22)36-43-28-7-6-23(14-29(28)47(36)19-20-2-4-21(37)5-3-20)50-32-17-26(40)24(38)15-30(32)49-31-16-25(39)27(41)18-33(31)50/h2-8,11,14-18,22H,9-10,12-13,19H2,1H3/p+1. The van der Waals surface area contributed by atoms with Crippen LogP contribution in [0.15, 0.2) is 108 Å². The molecule has 7 nitrogen and oxygen atoms in total. The van der Waals surface area contributed by atoms with E-state index in [1.807, 2.05) is 34.7 Å². The van der Waals surface area contributed by atoms with Gasteiger partial charge in [0.1, 0.15) is 16.7 Å². The van der Waals surface area contributed by atoms with Crippen molar-refractivity contribution in [3.63, 3.8) is 0 Å². The van der Waals surface area contributed by atoms with Crippen LogP contribution >= 0.6 is 11.8 Å². The lowest BCUT2D eigenvalue weighted by Gasteiger charge is -2.37. The number of hydrogen-bond donors (Lipinski definition) is 1. The lowest BCUT2D eigenvalue weighted by atomic mass is 10.0. The first kappa shape index (κ1) is 32.4. The lowest BCUT2D eigenvalue weighted by Crippen LogP contribution is -2.45. The van der Waals surface area contributed by atoms with E-state index in [1.54, 1.807) is 12.1 Å². The highest BCUT2D eigenvalue weighted by molar-refractivity contribution is 8.04. The van der Waals surface area contributed by atoms with E-state index in [-0.39, 0.29) is 17.4 Å². The van der Waals surface area contributed by atoms with Gasteiger partial charge in [-0.25, -0.2) is 31.9 Å². The molecule has 0 atom stereocenters. The second kappa shape index (κ2) is 12.8. The lowest BCUT2D eigenvalue weighted by molar-refractivity contribution is 0.469. The second-order valence-electron chi connectivity index (χ2n) is 12.2. The van der Waals surface area contributed by atoms with Crippen molar-refractivity contribution in [2.24, 2.45) is 0 Å². The molecule has 6 aromatic rings. The van der Waals surface area contributed by atoms with Gasteiger partial charge in [-0.05, 0) is 54.8 Å². The van der Waals surface area contributed by atoms with Gasteiger partial charge < -0.3 is 14.4 Å². The molecule has 0 radical (unpaired) electrons. The van der Waals surface area contributed by atoms with Crippen LogP contribution in [0.3, 0.4) is 0 Å². The molecule has 0 saturated carbocycles. The van der Waals surface area contributed by atoms with Crippen molar-refractivity contribution in [3.8, 4) is 0 Å². The Bertz CT molecular complexity index is 2270. The highest BCUT2D eigenvalue weighted by Gasteiger charge is 2.41. The summed E-state index contributed by atoms with van der Waals surface area (Å²) in [6.07, 6.45) is 3.01. The van der Waals surface area contributed by atoms with E-state index in [1.165, 1.54) is 24.4 Å². The summed E-state index contributed by atoms with van der Waals surface area (Å²) in [5, 5.41) is 0. The third kappa shape index (κ3) is 5.89. The van der Waals surface area contributed by atoms with E-state index in [0.29, 0.717) is 61.5 Å². The molecule has 4 aromatic carbocycles. The number of nitrogens with one attached hydrogen (secondary N) is 1. The summed E-state index contributed by atoms with van der Waals surface area (Å²) in [4.78, 5) is 30.7. The number of rotatable bonds is 6. The molecular formula is C36H28F5N6OS2+. The summed E-state index contributed by atoms with van der Waals surface area (Å²) < 4.78 is 74.2. The Morgan fingerprint density at radius 3 is 2.14 bits per heavy atom. The van der Waals surface area contributed by atoms with E-state index in [0.717, 1.165) is 59.9 Å². The first-order valence-electron chi connectivity index (χ1n) is 15.8. The molecule has 0 spiro atoms. The number of hydrogen-bond acceptors (Lipinski definition) is 6. The predicted octanol–water partition coefficient (Wildman–Crippen LogP) is 7.53. The fourth-order valence-corrected chi connectivity index (χ4v) is 10.3. The van der Waals surface area contributed by atoms with Crippen molar-refractivity contribution in [2.75, 3.05) is 29.9 Å². The largest absolute Gasteiger partial charge is 0.342 e. The summed E-state index contributed by atoms with van der Waals surface area (Å²) in [7, 11) is 0.798. The van der Waals surface area contributed by atoms with Crippen molar-refractivity contribution in [1.82, 2.24) is 19.5 Å². The number of nitrogens with zero attached hydrogens (tertiary/aromatic N) is 5. The van der Waals surface area contributed by atoms with Gasteiger partial charge in [0.15, 0.2) is 38.0 Å². The minimum atomic E-state index is -1.11. The Balaban J connectivity index is 1.21. The summed E-state index contributed by atoms with van der Waals surface area (Å²) in [6, 6.07) is 17.8. The highest BCUT2D eigenvalue weighted by Crippen LogP contribution is 2.50. The van der Waals surface area contributed by atoms with Crippen LogP contribution in [0.2, 0.25) is 0 Å². The first-order chi connectivity index (χ1) is 24.1. The predicted molar refractivity (Wildman–Crippen MR) is 183 cm³/mol. The van der Waals surface area contributed by atoms with E-state index >= 15 is 0 Å². The van der Waals surface area contributed by atoms with Crippen LogP contribution in [0, 0.1) is 29.1 Å². The molecule has 0 amide bonds. The van der Waals surface area contributed by atoms with Crippen molar-refractivity contribution in [2.45, 2.75) is 49.9 Å². The van der Waals surface area contributed by atoms with Crippen molar-refractivity contribution in [3.05, 3.63) is 124 Å². The van der Waals surface area contributed by atoms with Gasteiger partial charge in [0.05, 0.1) is 27.4 Å². The molecule has 2 aliphatic heterocycles. The van der Waals surface area contributed by atoms with E-state index in [4.69, 9.17) is 4.98 Å². The number of anilines is 2. The second-order valence-corrected chi connectivity index (χ2v) is 15.2. The van der Waals surface area contributed by atoms with E-state index in [2.05, 4.69) is 14.9 Å². The molecule has 0 unspecified atom stereocenters. The number of aromatic nitrogens is 4. The molecular weight excluding hydrogens is 692 g/mol. The molecule has 1 saturated heterocycles. The van der Waals surface area contributed by atoms with Crippen LogP contribution in [0.25, 0.3) is 11.0 Å². The van der Waals surface area contributed by atoms with Gasteiger partial charge in [0.25, 0.3) is 5.56 Å². The normalized spacial score (nSPS) is 15.0. The van der Waals surface area contributed by atoms with E-state index in [9.17, 15) is 26.7 Å². The van der Waals surface area contributed by atoms with Gasteiger partial charge in [-0.2, -0.15) is 0 Å². The molecule has 0 aliphatic carbocycles. The fraction of sp³-hybridized carbons (Fsp3) is 0.194. The number of H-pyrrole nitrogens is 1. The molecule has 14 heteroatoms. The molecule has 2 aliphatic rings. The quantitative estimate of drug-likeness (QED) is 0.142. The number of benzene rings is 4. The van der Waals surface area contributed by atoms with Crippen LogP contribution in [0.5, 0.6) is 0 Å². The Labute approximate surface area is 290 Å². The van der Waals surface area contributed by atoms with Crippen LogP contribution < -0.4 is 15.4 Å². The molecule has 4 heterocycles. The van der Waals surface area contributed by atoms with Crippen LogP contribution in [-0.2, 0) is 17.4 Å². The zero-order valence-corrected chi connectivity index (χ0v) is 28.1. The van der Waals surface area contributed by atoms with Gasteiger partial charge in [0, 0.05) is 56.6 Å². The van der Waals surface area contributed by atoms with Gasteiger partial charge in [-0.3, -0.25) is 9.78 Å². The molecule has 254 valence electrons. The zero-order valence-electron chi connectivity index (χ0n) is 26.5. The summed E-state index contributed by atoms with van der Waals surface area (Å²) in [5.41, 5.74) is 2.05. The van der Waals surface area contributed by atoms with Gasteiger partial charge >= 0.3 is 0 Å². The summed E-state index contributed by atoms with van der Waals surface area (Å²) in [6.45, 7) is 1.68. The fourth-order valence-electron chi connectivity index (χ4n) is 6.54. The molecule has 0 bridgehead atoms. The Morgan fingerprint density at radius 1 is 0.860 bits per heavy atom. The Hall–Kier alpha value is -4.82. The van der Waals surface area contributed by atoms with Crippen LogP contribution in [-0.4, -0.2) is 45.7 Å². The molecule has 50 heavy (non-hydrogen) atoms.